The van der Waals surface area contributed by atoms with Gasteiger partial charge in [0.1, 0.15) is 0 Å². The van der Waals surface area contributed by atoms with Crippen LogP contribution in [0.5, 0.6) is 0 Å². The molecule has 0 saturated heterocycles. The Bertz CT molecular complexity index is 695. The molecule has 4 nitrogen and oxygen atoms in total. The number of aliphatic hydroxyl groups excluding tert-OH is 2. The van der Waals surface area contributed by atoms with E-state index in [1.54, 1.807) is 0 Å². The zero-order valence-corrected chi connectivity index (χ0v) is 20.7. The molecule has 6 atom stereocenters. The first kappa shape index (κ1) is 26.7. The third-order valence-corrected chi connectivity index (χ3v) is 7.19. The topological polar surface area (TPSA) is 60.8 Å². The van der Waals surface area contributed by atoms with Crippen LogP contribution in [-0.2, 0) is 4.79 Å². The van der Waals surface area contributed by atoms with Crippen molar-refractivity contribution in [1.29, 1.82) is 0 Å². The Labute approximate surface area is 196 Å². The van der Waals surface area contributed by atoms with Gasteiger partial charge in [0.05, 0.1) is 12.2 Å². The zero-order valence-electron chi connectivity index (χ0n) is 20.7. The molecule has 2 rings (SSSR count). The second-order valence-electron chi connectivity index (χ2n) is 9.83. The Morgan fingerprint density at radius 1 is 1.25 bits per heavy atom. The van der Waals surface area contributed by atoms with Crippen LogP contribution in [0, 0.1) is 35.5 Å². The molecule has 0 heterocycles. The number of carbonyl (C=O) groups excluding carboxylic acids is 1. The van der Waals surface area contributed by atoms with E-state index in [0.717, 1.165) is 58.0 Å². The molecule has 2 N–H and O–H groups in total. The number of carbonyl (C=O) groups is 1. The number of fused-ring (bicyclic) bond motifs is 1. The normalized spacial score (nSPS) is 27.9. The maximum absolute atomic E-state index is 12.4. The Morgan fingerprint density at radius 3 is 2.62 bits per heavy atom. The molecule has 32 heavy (non-hydrogen) atoms. The van der Waals surface area contributed by atoms with Crippen LogP contribution in [-0.4, -0.2) is 46.3 Å². The van der Waals surface area contributed by atoms with E-state index < -0.39 is 6.10 Å². The Kier molecular flexibility index (Phi) is 11.6. The molecule has 4 heteroatoms. The van der Waals surface area contributed by atoms with Gasteiger partial charge in [-0.05, 0) is 69.6 Å². The van der Waals surface area contributed by atoms with Gasteiger partial charge in [0.15, 0.2) is 0 Å². The van der Waals surface area contributed by atoms with Gasteiger partial charge < -0.3 is 15.1 Å². The van der Waals surface area contributed by atoms with Crippen LogP contribution in [0.4, 0.5) is 0 Å². The molecule has 0 radical (unpaired) electrons. The standard InChI is InChI=1S/C28H45NO3/c1-5-8-11-21(4)26(30)15-14-24-25-19-22(18-23(25)20-27(24)31)12-9-10-13-28(32)29(16-6-2)17-7-3/h12,14-15,21,23-27,30-31H,6-7,9-11,13,16-20H2,1-4H3/b15-14+,22-12+/t21-,23-,24+,25-,26+,27+/m0/s1. The molecule has 2 fully saturated rings. The Morgan fingerprint density at radius 2 is 1.97 bits per heavy atom. The van der Waals surface area contributed by atoms with Gasteiger partial charge in [0.25, 0.3) is 0 Å². The molecule has 0 aromatic carbocycles. The van der Waals surface area contributed by atoms with E-state index in [-0.39, 0.29) is 17.9 Å². The van der Waals surface area contributed by atoms with Crippen molar-refractivity contribution in [3.63, 3.8) is 0 Å². The minimum absolute atomic E-state index is 0.0976. The molecule has 2 aliphatic rings. The quantitative estimate of drug-likeness (QED) is 0.250. The Hall–Kier alpha value is -1.57. The maximum atomic E-state index is 12.4. The second-order valence-corrected chi connectivity index (χ2v) is 9.83. The van der Waals surface area contributed by atoms with Gasteiger partial charge in [-0.25, -0.2) is 0 Å². The fraction of sp³-hybridized carbons (Fsp3) is 0.750. The van der Waals surface area contributed by atoms with Crippen molar-refractivity contribution in [3.05, 3.63) is 23.8 Å². The van der Waals surface area contributed by atoms with Crippen LogP contribution >= 0.6 is 0 Å². The van der Waals surface area contributed by atoms with Crippen LogP contribution < -0.4 is 0 Å². The smallest absolute Gasteiger partial charge is 0.222 e. The predicted octanol–water partition coefficient (Wildman–Crippen LogP) is 5.11. The van der Waals surface area contributed by atoms with E-state index >= 15 is 0 Å². The summed E-state index contributed by atoms with van der Waals surface area (Å²) in [6.45, 7) is 9.82. The summed E-state index contributed by atoms with van der Waals surface area (Å²) < 4.78 is 0. The molecule has 2 saturated carbocycles. The molecule has 0 spiro atoms. The fourth-order valence-electron chi connectivity index (χ4n) is 5.37. The van der Waals surface area contributed by atoms with Crippen molar-refractivity contribution in [2.24, 2.45) is 23.7 Å². The molecule has 0 unspecified atom stereocenters. The zero-order chi connectivity index (χ0) is 23.5. The van der Waals surface area contributed by atoms with Gasteiger partial charge in [-0.2, -0.15) is 0 Å². The largest absolute Gasteiger partial charge is 0.392 e. The number of aliphatic hydroxyl groups is 2. The van der Waals surface area contributed by atoms with Gasteiger partial charge in [0, 0.05) is 31.8 Å². The van der Waals surface area contributed by atoms with Crippen LogP contribution in [0.3, 0.4) is 0 Å². The molecule has 1 amide bonds. The number of hydrogen-bond donors (Lipinski definition) is 2. The van der Waals surface area contributed by atoms with Crippen LogP contribution in [0.2, 0.25) is 0 Å². The average Bonchev–Trinajstić information content (AvgIpc) is 3.29. The molecule has 0 aliphatic heterocycles. The van der Waals surface area contributed by atoms with Gasteiger partial charge in [-0.15, -0.1) is 11.8 Å². The number of allylic oxidation sites excluding steroid dienone is 2. The SMILES string of the molecule is CC#CC[C@H](C)[C@H](O)/C=C/[C@@H]1[C@H]2C/C(=C/CCCC(=O)N(CCC)CCC)C[C@H]2C[C@H]1O. The molecule has 0 aromatic rings. The lowest BCUT2D eigenvalue weighted by Crippen LogP contribution is -2.32. The van der Waals surface area contributed by atoms with Crippen LogP contribution in [0.25, 0.3) is 0 Å². The van der Waals surface area contributed by atoms with E-state index in [9.17, 15) is 15.0 Å². The van der Waals surface area contributed by atoms with Gasteiger partial charge in [-0.1, -0.05) is 44.6 Å². The highest BCUT2D eigenvalue weighted by Crippen LogP contribution is 2.50. The number of rotatable bonds is 12. The minimum atomic E-state index is -0.518. The van der Waals surface area contributed by atoms with Gasteiger partial charge >= 0.3 is 0 Å². The van der Waals surface area contributed by atoms with E-state index in [1.807, 2.05) is 24.8 Å². The lowest BCUT2D eigenvalue weighted by Gasteiger charge is -2.21. The van der Waals surface area contributed by atoms with Gasteiger partial charge in [0.2, 0.25) is 5.91 Å². The highest BCUT2D eigenvalue weighted by atomic mass is 16.3. The van der Waals surface area contributed by atoms with E-state index in [0.29, 0.717) is 30.6 Å². The lowest BCUT2D eigenvalue weighted by molar-refractivity contribution is -0.131. The average molecular weight is 444 g/mol. The summed E-state index contributed by atoms with van der Waals surface area (Å²) in [6, 6.07) is 0. The maximum Gasteiger partial charge on any atom is 0.222 e. The second kappa shape index (κ2) is 13.9. The van der Waals surface area contributed by atoms with Crippen LogP contribution in [0.1, 0.15) is 85.5 Å². The molecular formula is C28H45NO3. The molecular weight excluding hydrogens is 398 g/mol. The number of amides is 1. The highest BCUT2D eigenvalue weighted by Gasteiger charge is 2.44. The first-order valence-corrected chi connectivity index (χ1v) is 12.8. The van der Waals surface area contributed by atoms with E-state index in [1.165, 1.54) is 5.57 Å². The monoisotopic (exact) mass is 443 g/mol. The molecule has 2 aliphatic carbocycles. The third-order valence-electron chi connectivity index (χ3n) is 7.19. The summed E-state index contributed by atoms with van der Waals surface area (Å²) in [5, 5.41) is 21.0. The summed E-state index contributed by atoms with van der Waals surface area (Å²) in [6.07, 6.45) is 13.7. The first-order chi connectivity index (χ1) is 15.4. The van der Waals surface area contributed by atoms with E-state index in [2.05, 4.69) is 37.8 Å². The van der Waals surface area contributed by atoms with E-state index in [4.69, 9.17) is 0 Å². The van der Waals surface area contributed by atoms with Crippen molar-refractivity contribution < 1.29 is 15.0 Å². The Balaban J connectivity index is 1.83. The summed E-state index contributed by atoms with van der Waals surface area (Å²) >= 11 is 0. The lowest BCUT2D eigenvalue weighted by atomic mass is 9.89. The van der Waals surface area contributed by atoms with Crippen molar-refractivity contribution in [2.45, 2.75) is 97.7 Å². The molecule has 0 aromatic heterocycles. The van der Waals surface area contributed by atoms with Crippen molar-refractivity contribution in [2.75, 3.05) is 13.1 Å². The van der Waals surface area contributed by atoms with Crippen molar-refractivity contribution in [1.82, 2.24) is 4.90 Å². The summed E-state index contributed by atoms with van der Waals surface area (Å²) in [7, 11) is 0. The van der Waals surface area contributed by atoms with Crippen molar-refractivity contribution >= 4 is 5.91 Å². The number of hydrogen-bond acceptors (Lipinski definition) is 3. The van der Waals surface area contributed by atoms with Crippen molar-refractivity contribution in [3.8, 4) is 11.8 Å². The first-order valence-electron chi connectivity index (χ1n) is 12.8. The minimum Gasteiger partial charge on any atom is -0.392 e. The highest BCUT2D eigenvalue weighted by molar-refractivity contribution is 5.76. The fourth-order valence-corrected chi connectivity index (χ4v) is 5.37. The summed E-state index contributed by atoms with van der Waals surface area (Å²) in [5.41, 5.74) is 1.49. The van der Waals surface area contributed by atoms with Gasteiger partial charge in [-0.3, -0.25) is 4.79 Å². The third kappa shape index (κ3) is 7.78. The number of unbranched alkanes of at least 4 members (excludes halogenated alkanes) is 1. The number of nitrogens with zero attached hydrogens (tertiary/aromatic N) is 1. The molecule has 180 valence electrons. The summed E-state index contributed by atoms with van der Waals surface area (Å²) in [5.74, 6) is 7.44. The molecule has 0 bridgehead atoms. The predicted molar refractivity (Wildman–Crippen MR) is 132 cm³/mol. The van der Waals surface area contributed by atoms with Crippen LogP contribution in [0.15, 0.2) is 23.8 Å². The summed E-state index contributed by atoms with van der Waals surface area (Å²) in [4.78, 5) is 14.4.